The SMILES string of the molecule is COc1ccc2c(c1)C(=O)N(C[C@@]1(c3cncc(-c4cnn(C)c4)c3)NC(=O)NC1=O)C2. The topological polar surface area (TPSA) is 118 Å². The summed E-state index contributed by atoms with van der Waals surface area (Å²) in [4.78, 5) is 44.1. The van der Waals surface area contributed by atoms with Gasteiger partial charge in [0.05, 0.1) is 19.9 Å². The third kappa shape index (κ3) is 3.08. The van der Waals surface area contributed by atoms with Crippen molar-refractivity contribution in [1.82, 2.24) is 30.3 Å². The molecule has 3 aromatic rings. The molecule has 5 rings (SSSR count). The Morgan fingerprint density at radius 3 is 2.66 bits per heavy atom. The summed E-state index contributed by atoms with van der Waals surface area (Å²) in [6.45, 7) is 0.275. The fraction of sp³-hybridized carbons (Fsp3) is 0.227. The smallest absolute Gasteiger partial charge is 0.322 e. The van der Waals surface area contributed by atoms with Gasteiger partial charge in [-0.1, -0.05) is 6.07 Å². The highest BCUT2D eigenvalue weighted by Crippen LogP contribution is 2.33. The average molecular weight is 432 g/mol. The second-order valence-corrected chi connectivity index (χ2v) is 7.86. The molecular formula is C22H20N6O4. The zero-order valence-corrected chi connectivity index (χ0v) is 17.5. The van der Waals surface area contributed by atoms with Crippen LogP contribution in [0.25, 0.3) is 11.1 Å². The van der Waals surface area contributed by atoms with Crippen LogP contribution in [-0.4, -0.2) is 51.2 Å². The van der Waals surface area contributed by atoms with Gasteiger partial charge in [0.2, 0.25) is 0 Å². The van der Waals surface area contributed by atoms with E-state index in [4.69, 9.17) is 4.74 Å². The minimum Gasteiger partial charge on any atom is -0.497 e. The number of amides is 4. The molecule has 2 aliphatic rings. The van der Waals surface area contributed by atoms with Gasteiger partial charge in [-0.3, -0.25) is 24.6 Å². The van der Waals surface area contributed by atoms with Gasteiger partial charge >= 0.3 is 6.03 Å². The van der Waals surface area contributed by atoms with Crippen LogP contribution in [0, 0.1) is 0 Å². The normalized spacial score (nSPS) is 19.7. The van der Waals surface area contributed by atoms with Crippen LogP contribution >= 0.6 is 0 Å². The van der Waals surface area contributed by atoms with Crippen molar-refractivity contribution in [2.45, 2.75) is 12.1 Å². The molecule has 1 atom stereocenters. The molecule has 10 heteroatoms. The molecule has 1 fully saturated rings. The van der Waals surface area contributed by atoms with E-state index in [-0.39, 0.29) is 12.5 Å². The number of methoxy groups -OCH3 is 1. The number of carbonyl (C=O) groups excluding carboxylic acids is 3. The number of hydrogen-bond acceptors (Lipinski definition) is 6. The molecule has 10 nitrogen and oxygen atoms in total. The summed E-state index contributed by atoms with van der Waals surface area (Å²) < 4.78 is 6.89. The van der Waals surface area contributed by atoms with E-state index in [9.17, 15) is 14.4 Å². The van der Waals surface area contributed by atoms with Crippen LogP contribution in [0.5, 0.6) is 5.75 Å². The summed E-state index contributed by atoms with van der Waals surface area (Å²) in [5.41, 5.74) is 1.92. The van der Waals surface area contributed by atoms with Crippen molar-refractivity contribution in [1.29, 1.82) is 0 Å². The molecule has 0 aliphatic carbocycles. The van der Waals surface area contributed by atoms with E-state index < -0.39 is 17.5 Å². The maximum absolute atomic E-state index is 13.1. The van der Waals surface area contributed by atoms with E-state index >= 15 is 0 Å². The van der Waals surface area contributed by atoms with Crippen molar-refractivity contribution in [2.24, 2.45) is 7.05 Å². The number of benzene rings is 1. The van der Waals surface area contributed by atoms with Gasteiger partial charge in [0, 0.05) is 54.4 Å². The Labute approximate surface area is 183 Å². The molecule has 2 N–H and O–H groups in total. The zero-order valence-electron chi connectivity index (χ0n) is 17.5. The Bertz CT molecular complexity index is 1270. The van der Waals surface area contributed by atoms with Crippen molar-refractivity contribution in [3.8, 4) is 16.9 Å². The highest BCUT2D eigenvalue weighted by atomic mass is 16.5. The highest BCUT2D eigenvalue weighted by Gasteiger charge is 2.50. The molecule has 2 aromatic heterocycles. The lowest BCUT2D eigenvalue weighted by Crippen LogP contribution is -2.52. The largest absolute Gasteiger partial charge is 0.497 e. The number of aromatic nitrogens is 3. The van der Waals surface area contributed by atoms with Crippen LogP contribution in [0.2, 0.25) is 0 Å². The number of rotatable bonds is 5. The van der Waals surface area contributed by atoms with E-state index in [1.807, 2.05) is 12.3 Å². The number of carbonyl (C=O) groups is 3. The number of urea groups is 1. The predicted octanol–water partition coefficient (Wildman–Crippen LogP) is 1.18. The van der Waals surface area contributed by atoms with Crippen molar-refractivity contribution in [3.05, 3.63) is 65.7 Å². The molecule has 1 saturated heterocycles. The van der Waals surface area contributed by atoms with Crippen LogP contribution in [0.4, 0.5) is 4.79 Å². The van der Waals surface area contributed by atoms with E-state index in [1.54, 1.807) is 47.2 Å². The molecule has 0 spiro atoms. The Hall–Kier alpha value is -4.21. The van der Waals surface area contributed by atoms with E-state index in [0.717, 1.165) is 16.7 Å². The van der Waals surface area contributed by atoms with Gasteiger partial charge in [-0.25, -0.2) is 4.79 Å². The number of ether oxygens (including phenoxy) is 1. The Morgan fingerprint density at radius 2 is 1.97 bits per heavy atom. The van der Waals surface area contributed by atoms with Crippen LogP contribution in [-0.2, 0) is 23.9 Å². The minimum atomic E-state index is -1.47. The van der Waals surface area contributed by atoms with E-state index in [1.165, 1.54) is 13.3 Å². The summed E-state index contributed by atoms with van der Waals surface area (Å²) in [5.74, 6) is -0.188. The maximum Gasteiger partial charge on any atom is 0.322 e. The van der Waals surface area contributed by atoms with Gasteiger partial charge in [-0.15, -0.1) is 0 Å². The third-order valence-corrected chi connectivity index (χ3v) is 5.83. The number of aryl methyl sites for hydroxylation is 1. The molecule has 1 aromatic carbocycles. The van der Waals surface area contributed by atoms with Crippen molar-refractivity contribution in [2.75, 3.05) is 13.7 Å². The molecule has 0 unspecified atom stereocenters. The van der Waals surface area contributed by atoms with Crippen molar-refractivity contribution >= 4 is 17.8 Å². The van der Waals surface area contributed by atoms with Gasteiger partial charge in [0.15, 0.2) is 5.54 Å². The molecule has 162 valence electrons. The number of pyridine rings is 1. The quantitative estimate of drug-likeness (QED) is 0.585. The first kappa shape index (κ1) is 19.7. The molecular weight excluding hydrogens is 412 g/mol. The summed E-state index contributed by atoms with van der Waals surface area (Å²) in [7, 11) is 3.34. The average Bonchev–Trinajstić information content (AvgIpc) is 3.44. The van der Waals surface area contributed by atoms with Gasteiger partial charge in [-0.2, -0.15) is 5.10 Å². The summed E-state index contributed by atoms with van der Waals surface area (Å²) >= 11 is 0. The third-order valence-electron chi connectivity index (χ3n) is 5.83. The summed E-state index contributed by atoms with van der Waals surface area (Å²) in [6, 6.07) is 6.47. The monoisotopic (exact) mass is 432 g/mol. The molecule has 4 heterocycles. The fourth-order valence-corrected chi connectivity index (χ4v) is 4.18. The van der Waals surface area contributed by atoms with E-state index in [0.29, 0.717) is 23.4 Å². The standard InChI is InChI=1S/C22H20N6O4/c1-27-10-15(8-24-27)14-5-16(9-23-7-14)22(20(30)25-21(31)26-22)12-28-11-13-3-4-17(32-2)6-18(13)19(28)29/h3-10H,11-12H2,1-2H3,(H2,25,26,30,31)/t22-/m0/s1. The first-order valence-electron chi connectivity index (χ1n) is 9.94. The zero-order chi connectivity index (χ0) is 22.5. The van der Waals surface area contributed by atoms with Crippen LogP contribution in [0.1, 0.15) is 21.5 Å². The van der Waals surface area contributed by atoms with E-state index in [2.05, 4.69) is 20.7 Å². The lowest BCUT2D eigenvalue weighted by atomic mass is 9.89. The lowest BCUT2D eigenvalue weighted by Gasteiger charge is -2.31. The number of fused-ring (bicyclic) bond motifs is 1. The van der Waals surface area contributed by atoms with Gasteiger partial charge in [-0.05, 0) is 23.8 Å². The minimum absolute atomic E-state index is 0.0431. The summed E-state index contributed by atoms with van der Waals surface area (Å²) in [5, 5.41) is 9.21. The molecule has 0 saturated carbocycles. The number of imide groups is 1. The highest BCUT2D eigenvalue weighted by molar-refractivity contribution is 6.08. The van der Waals surface area contributed by atoms with Gasteiger partial charge in [0.1, 0.15) is 5.75 Å². The summed E-state index contributed by atoms with van der Waals surface area (Å²) in [6.07, 6.45) is 6.71. The van der Waals surface area contributed by atoms with Crippen LogP contribution < -0.4 is 15.4 Å². The second-order valence-electron chi connectivity index (χ2n) is 7.86. The molecule has 4 amide bonds. The molecule has 0 radical (unpaired) electrons. The lowest BCUT2D eigenvalue weighted by molar-refractivity contribution is -0.124. The number of nitrogens with one attached hydrogen (secondary N) is 2. The van der Waals surface area contributed by atoms with Crippen molar-refractivity contribution in [3.63, 3.8) is 0 Å². The second kappa shape index (κ2) is 7.19. The molecule has 2 aliphatic heterocycles. The first-order chi connectivity index (χ1) is 15.4. The maximum atomic E-state index is 13.1. The number of nitrogens with zero attached hydrogens (tertiary/aromatic N) is 4. The van der Waals surface area contributed by atoms with Crippen molar-refractivity contribution < 1.29 is 19.1 Å². The predicted molar refractivity (Wildman–Crippen MR) is 113 cm³/mol. The number of hydrogen-bond donors (Lipinski definition) is 2. The van der Waals surface area contributed by atoms with Crippen LogP contribution in [0.15, 0.2) is 49.1 Å². The Balaban J connectivity index is 1.53. The molecule has 32 heavy (non-hydrogen) atoms. The van der Waals surface area contributed by atoms with Gasteiger partial charge < -0.3 is 15.0 Å². The van der Waals surface area contributed by atoms with Gasteiger partial charge in [0.25, 0.3) is 11.8 Å². The fourth-order valence-electron chi connectivity index (χ4n) is 4.18. The Kier molecular flexibility index (Phi) is 4.43. The molecule has 0 bridgehead atoms. The Morgan fingerprint density at radius 1 is 1.12 bits per heavy atom. The first-order valence-corrected chi connectivity index (χ1v) is 9.94. The van der Waals surface area contributed by atoms with Crippen LogP contribution in [0.3, 0.4) is 0 Å².